The second-order valence-electron chi connectivity index (χ2n) is 12.0. The Morgan fingerprint density at radius 3 is 2.23 bits per heavy atom. The van der Waals surface area contributed by atoms with E-state index in [1.54, 1.807) is 6.92 Å². The largest absolute Gasteiger partial charge is 0.487 e. The smallest absolute Gasteiger partial charge is 0.311 e. The Morgan fingerprint density at radius 1 is 1.00 bits per heavy atom. The molecule has 1 aliphatic rings. The van der Waals surface area contributed by atoms with Crippen molar-refractivity contribution < 1.29 is 24.2 Å². The molecule has 1 aromatic carbocycles. The molecule has 216 valence electrons. The van der Waals surface area contributed by atoms with Crippen molar-refractivity contribution in [1.29, 1.82) is 0 Å². The van der Waals surface area contributed by atoms with Gasteiger partial charge >= 0.3 is 11.9 Å². The van der Waals surface area contributed by atoms with Crippen molar-refractivity contribution >= 4 is 11.9 Å². The molecular formula is C34H50O5. The van der Waals surface area contributed by atoms with E-state index in [9.17, 15) is 9.59 Å². The predicted molar refractivity (Wildman–Crippen MR) is 160 cm³/mol. The van der Waals surface area contributed by atoms with Gasteiger partial charge in [-0.15, -0.1) is 0 Å². The molecule has 0 fully saturated rings. The number of hydrogen-bond donors (Lipinski definition) is 1. The zero-order valence-corrected chi connectivity index (χ0v) is 25.5. The fourth-order valence-electron chi connectivity index (χ4n) is 5.02. The van der Waals surface area contributed by atoms with Gasteiger partial charge in [0.2, 0.25) is 0 Å². The molecule has 2 atom stereocenters. The molecule has 0 radical (unpaired) electrons. The first-order valence-corrected chi connectivity index (χ1v) is 14.5. The minimum absolute atomic E-state index is 0.0496. The fraction of sp³-hybridized carbons (Fsp3) is 0.588. The number of aliphatic carboxylic acids is 1. The van der Waals surface area contributed by atoms with Gasteiger partial charge in [-0.3, -0.25) is 9.59 Å². The van der Waals surface area contributed by atoms with Crippen LogP contribution in [0.5, 0.6) is 11.5 Å². The molecule has 0 saturated heterocycles. The minimum Gasteiger partial charge on any atom is -0.487 e. The van der Waals surface area contributed by atoms with E-state index < -0.39 is 11.9 Å². The molecule has 0 amide bonds. The van der Waals surface area contributed by atoms with Gasteiger partial charge in [-0.2, -0.15) is 0 Å². The SMILES string of the molecule is CC(C)=CCCC(C)=CCCC(C)=CCC[C@]1(C)CCc2cc(OC(=O)CC(C)CC(=O)O)c(C)c(C)c2O1. The van der Waals surface area contributed by atoms with E-state index in [4.69, 9.17) is 14.6 Å². The first-order chi connectivity index (χ1) is 18.3. The second-order valence-corrected chi connectivity index (χ2v) is 12.0. The number of carboxylic acids is 1. The number of hydrogen-bond acceptors (Lipinski definition) is 4. The van der Waals surface area contributed by atoms with E-state index in [1.807, 2.05) is 19.9 Å². The van der Waals surface area contributed by atoms with Crippen molar-refractivity contribution in [2.24, 2.45) is 5.92 Å². The van der Waals surface area contributed by atoms with Crippen LogP contribution in [0.25, 0.3) is 0 Å². The van der Waals surface area contributed by atoms with Crippen molar-refractivity contribution in [1.82, 2.24) is 0 Å². The monoisotopic (exact) mass is 538 g/mol. The van der Waals surface area contributed by atoms with Crippen LogP contribution in [0.1, 0.15) is 116 Å². The summed E-state index contributed by atoms with van der Waals surface area (Å²) in [6, 6.07) is 1.93. The molecule has 0 bridgehead atoms. The maximum atomic E-state index is 12.4. The van der Waals surface area contributed by atoms with Gasteiger partial charge in [0.1, 0.15) is 17.1 Å². The Bertz CT molecular complexity index is 1100. The fourth-order valence-corrected chi connectivity index (χ4v) is 5.02. The first kappa shape index (κ1) is 32.4. The van der Waals surface area contributed by atoms with Crippen LogP contribution in [0, 0.1) is 19.8 Å². The van der Waals surface area contributed by atoms with Gasteiger partial charge in [-0.25, -0.2) is 0 Å². The normalized spacial score (nSPS) is 18.2. The molecule has 0 aliphatic carbocycles. The number of rotatable bonds is 14. The molecule has 1 aliphatic heterocycles. The summed E-state index contributed by atoms with van der Waals surface area (Å²) in [5.74, 6) is -0.117. The van der Waals surface area contributed by atoms with Gasteiger partial charge in [0.25, 0.3) is 0 Å². The Morgan fingerprint density at radius 2 is 1.62 bits per heavy atom. The van der Waals surface area contributed by atoms with Crippen molar-refractivity contribution in [3.63, 3.8) is 0 Å². The third kappa shape index (κ3) is 11.1. The number of allylic oxidation sites excluding steroid dienone is 6. The molecule has 5 nitrogen and oxygen atoms in total. The van der Waals surface area contributed by atoms with Crippen LogP contribution < -0.4 is 9.47 Å². The zero-order valence-electron chi connectivity index (χ0n) is 25.5. The lowest BCUT2D eigenvalue weighted by molar-refractivity contribution is -0.139. The zero-order chi connectivity index (χ0) is 29.2. The molecule has 39 heavy (non-hydrogen) atoms. The molecule has 1 aromatic rings. The quantitative estimate of drug-likeness (QED) is 0.145. The Hall–Kier alpha value is -2.82. The first-order valence-electron chi connectivity index (χ1n) is 14.5. The van der Waals surface area contributed by atoms with Crippen LogP contribution >= 0.6 is 0 Å². The number of ether oxygens (including phenoxy) is 2. The molecular weight excluding hydrogens is 488 g/mol. The van der Waals surface area contributed by atoms with Crippen molar-refractivity contribution in [3.05, 3.63) is 57.7 Å². The summed E-state index contributed by atoms with van der Waals surface area (Å²) in [6.45, 7) is 16.7. The number of carboxylic acid groups (broad SMARTS) is 1. The molecule has 2 rings (SSSR count). The van der Waals surface area contributed by atoms with Gasteiger partial charge in [0.15, 0.2) is 0 Å². The van der Waals surface area contributed by atoms with E-state index >= 15 is 0 Å². The molecule has 0 spiro atoms. The van der Waals surface area contributed by atoms with Gasteiger partial charge in [-0.05, 0) is 129 Å². The topological polar surface area (TPSA) is 72.8 Å². The van der Waals surface area contributed by atoms with Crippen LogP contribution in [0.3, 0.4) is 0 Å². The second kappa shape index (κ2) is 15.1. The molecule has 1 unspecified atom stereocenters. The van der Waals surface area contributed by atoms with Crippen LogP contribution in [0.2, 0.25) is 0 Å². The van der Waals surface area contributed by atoms with Crippen molar-refractivity contribution in [2.45, 2.75) is 125 Å². The highest BCUT2D eigenvalue weighted by atomic mass is 16.5. The average molecular weight is 539 g/mol. The van der Waals surface area contributed by atoms with Crippen molar-refractivity contribution in [3.8, 4) is 11.5 Å². The van der Waals surface area contributed by atoms with E-state index in [0.29, 0.717) is 5.75 Å². The average Bonchev–Trinajstić information content (AvgIpc) is 2.82. The van der Waals surface area contributed by atoms with Crippen LogP contribution in [0.4, 0.5) is 0 Å². The summed E-state index contributed by atoms with van der Waals surface area (Å²) in [6.07, 6.45) is 15.2. The summed E-state index contributed by atoms with van der Waals surface area (Å²) < 4.78 is 12.3. The van der Waals surface area contributed by atoms with Gasteiger partial charge in [0, 0.05) is 12.8 Å². The summed E-state index contributed by atoms with van der Waals surface area (Å²) in [5, 5.41) is 8.94. The molecule has 0 saturated carbocycles. The Labute approximate surface area is 236 Å². The number of carbonyl (C=O) groups excluding carboxylic acids is 1. The van der Waals surface area contributed by atoms with Gasteiger partial charge < -0.3 is 14.6 Å². The number of benzene rings is 1. The Kier molecular flexibility index (Phi) is 12.5. The van der Waals surface area contributed by atoms with E-state index in [-0.39, 0.29) is 24.4 Å². The maximum Gasteiger partial charge on any atom is 0.311 e. The molecule has 1 heterocycles. The molecule has 1 N–H and O–H groups in total. The van der Waals surface area contributed by atoms with E-state index in [2.05, 4.69) is 52.8 Å². The summed E-state index contributed by atoms with van der Waals surface area (Å²) in [5.41, 5.74) is 7.01. The van der Waals surface area contributed by atoms with Gasteiger partial charge in [0.05, 0.1) is 0 Å². The highest BCUT2D eigenvalue weighted by Gasteiger charge is 2.33. The summed E-state index contributed by atoms with van der Waals surface area (Å²) in [4.78, 5) is 23.3. The highest BCUT2D eigenvalue weighted by molar-refractivity contribution is 5.75. The number of esters is 1. The lowest BCUT2D eigenvalue weighted by atomic mass is 9.86. The van der Waals surface area contributed by atoms with E-state index in [0.717, 1.165) is 73.8 Å². The number of aryl methyl sites for hydroxylation is 1. The molecule has 0 aromatic heterocycles. The van der Waals surface area contributed by atoms with Crippen LogP contribution in [-0.2, 0) is 16.0 Å². The lowest BCUT2D eigenvalue weighted by Gasteiger charge is -2.37. The molecule has 5 heteroatoms. The third-order valence-corrected chi connectivity index (χ3v) is 7.69. The third-order valence-electron chi connectivity index (χ3n) is 7.69. The summed E-state index contributed by atoms with van der Waals surface area (Å²) in [7, 11) is 0. The van der Waals surface area contributed by atoms with Crippen LogP contribution in [-0.4, -0.2) is 22.6 Å². The standard InChI is InChI=1S/C34H50O5/c1-23(2)12-9-13-24(3)14-10-15-25(4)16-11-18-34(8)19-17-29-22-30(27(6)28(7)33(29)39-34)38-32(37)21-26(5)20-31(35)36/h12,14,16,22,26H,9-11,13,15,17-21H2,1-8H3,(H,35,36)/t26?,34-/m1/s1. The van der Waals surface area contributed by atoms with E-state index in [1.165, 1.54) is 16.7 Å². The van der Waals surface area contributed by atoms with Crippen LogP contribution in [0.15, 0.2) is 41.0 Å². The number of carbonyl (C=O) groups is 2. The predicted octanol–water partition coefficient (Wildman–Crippen LogP) is 8.99. The van der Waals surface area contributed by atoms with Crippen molar-refractivity contribution in [2.75, 3.05) is 0 Å². The summed E-state index contributed by atoms with van der Waals surface area (Å²) >= 11 is 0. The highest BCUT2D eigenvalue weighted by Crippen LogP contribution is 2.42. The van der Waals surface area contributed by atoms with Gasteiger partial charge in [-0.1, -0.05) is 41.9 Å². The number of fused-ring (bicyclic) bond motifs is 1. The Balaban J connectivity index is 1.93. The maximum absolute atomic E-state index is 12.4. The minimum atomic E-state index is -0.907. The lowest BCUT2D eigenvalue weighted by Crippen LogP contribution is -2.36.